The molecule has 1 aliphatic rings. The van der Waals surface area contributed by atoms with Crippen molar-refractivity contribution in [3.8, 4) is 0 Å². The van der Waals surface area contributed by atoms with Gasteiger partial charge < -0.3 is 4.90 Å². The summed E-state index contributed by atoms with van der Waals surface area (Å²) in [6.07, 6.45) is 2.75. The maximum Gasteiger partial charge on any atom is 0.166 e. The Labute approximate surface area is 101 Å². The van der Waals surface area contributed by atoms with Crippen molar-refractivity contribution in [2.24, 2.45) is 0 Å². The second kappa shape index (κ2) is 5.16. The van der Waals surface area contributed by atoms with Gasteiger partial charge in [-0.2, -0.15) is 11.8 Å². The summed E-state index contributed by atoms with van der Waals surface area (Å²) in [6.45, 7) is 1.79. The third kappa shape index (κ3) is 2.84. The van der Waals surface area contributed by atoms with Crippen molar-refractivity contribution in [3.63, 3.8) is 0 Å². The number of anilines is 1. The van der Waals surface area contributed by atoms with Crippen molar-refractivity contribution < 1.29 is 4.39 Å². The molecule has 0 atom stereocenters. The highest BCUT2D eigenvalue weighted by atomic mass is 79.9. The van der Waals surface area contributed by atoms with Gasteiger partial charge in [0.25, 0.3) is 0 Å². The smallest absolute Gasteiger partial charge is 0.166 e. The summed E-state index contributed by atoms with van der Waals surface area (Å²) in [5, 5.41) is 0. The second-order valence-electron chi connectivity index (χ2n) is 3.41. The molecule has 0 spiro atoms. The van der Waals surface area contributed by atoms with E-state index >= 15 is 0 Å². The summed E-state index contributed by atoms with van der Waals surface area (Å²) < 4.78 is 14.3. The van der Waals surface area contributed by atoms with Crippen LogP contribution in [0.25, 0.3) is 0 Å². The van der Waals surface area contributed by atoms with Gasteiger partial charge >= 0.3 is 0 Å². The summed E-state index contributed by atoms with van der Waals surface area (Å²) >= 11 is 5.13. The summed E-state index contributed by atoms with van der Waals surface area (Å²) in [4.78, 5) is 6.17. The van der Waals surface area contributed by atoms with Crippen molar-refractivity contribution in [2.45, 2.75) is 6.42 Å². The van der Waals surface area contributed by atoms with Gasteiger partial charge in [0.15, 0.2) is 11.6 Å². The van der Waals surface area contributed by atoms with Crippen LogP contribution < -0.4 is 4.90 Å². The Morgan fingerprint density at radius 1 is 1.40 bits per heavy atom. The fourth-order valence-corrected chi connectivity index (χ4v) is 2.79. The molecule has 1 fully saturated rings. The highest BCUT2D eigenvalue weighted by Crippen LogP contribution is 2.22. The van der Waals surface area contributed by atoms with E-state index in [2.05, 4.69) is 20.9 Å². The van der Waals surface area contributed by atoms with Gasteiger partial charge in [-0.1, -0.05) is 0 Å². The fourth-order valence-electron chi connectivity index (χ4n) is 1.60. The number of pyridine rings is 1. The molecule has 1 aliphatic heterocycles. The molecular formula is C10H12BrFN2S. The first-order valence-electron chi connectivity index (χ1n) is 4.91. The quantitative estimate of drug-likeness (QED) is 0.791. The molecule has 0 saturated carbocycles. The van der Waals surface area contributed by atoms with E-state index in [4.69, 9.17) is 0 Å². The standard InChI is InChI=1S/C10H12BrFN2S/c11-8-6-9(12)10(13-7-8)14-2-1-4-15-5-3-14/h6-7H,1-5H2. The molecule has 1 aromatic heterocycles. The Balaban J connectivity index is 2.19. The lowest BCUT2D eigenvalue weighted by Gasteiger charge is -2.21. The zero-order valence-corrected chi connectivity index (χ0v) is 10.7. The molecule has 1 aromatic rings. The number of halogens is 2. The Bertz CT molecular complexity index is 340. The molecule has 0 unspecified atom stereocenters. The molecule has 5 heteroatoms. The fraction of sp³-hybridized carbons (Fsp3) is 0.500. The lowest BCUT2D eigenvalue weighted by atomic mass is 10.3. The predicted molar refractivity (Wildman–Crippen MR) is 66.1 cm³/mol. The third-order valence-electron chi connectivity index (χ3n) is 2.31. The molecule has 0 N–H and O–H groups in total. The number of aromatic nitrogens is 1. The third-order valence-corrected chi connectivity index (χ3v) is 3.79. The molecule has 0 aliphatic carbocycles. The monoisotopic (exact) mass is 290 g/mol. The molecule has 15 heavy (non-hydrogen) atoms. The number of nitrogens with zero attached hydrogens (tertiary/aromatic N) is 2. The van der Waals surface area contributed by atoms with Gasteiger partial charge in [0.1, 0.15) is 0 Å². The molecule has 2 nitrogen and oxygen atoms in total. The average Bonchev–Trinajstić information content (AvgIpc) is 2.46. The molecular weight excluding hydrogens is 279 g/mol. The van der Waals surface area contributed by atoms with Gasteiger partial charge in [0.05, 0.1) is 0 Å². The molecule has 0 bridgehead atoms. The van der Waals surface area contributed by atoms with Crippen LogP contribution in [0.4, 0.5) is 10.2 Å². The lowest BCUT2D eigenvalue weighted by Crippen LogP contribution is -2.27. The maximum atomic E-state index is 13.6. The topological polar surface area (TPSA) is 16.1 Å². The van der Waals surface area contributed by atoms with Crippen LogP contribution in [-0.2, 0) is 0 Å². The van der Waals surface area contributed by atoms with E-state index in [1.54, 1.807) is 6.20 Å². The Morgan fingerprint density at radius 3 is 3.07 bits per heavy atom. The van der Waals surface area contributed by atoms with E-state index in [1.165, 1.54) is 6.07 Å². The summed E-state index contributed by atoms with van der Waals surface area (Å²) in [7, 11) is 0. The Hall–Kier alpha value is -0.290. The molecule has 2 rings (SSSR count). The number of thioether (sulfide) groups is 1. The highest BCUT2D eigenvalue weighted by Gasteiger charge is 2.15. The van der Waals surface area contributed by atoms with Crippen molar-refractivity contribution >= 4 is 33.5 Å². The van der Waals surface area contributed by atoms with E-state index in [0.29, 0.717) is 10.3 Å². The van der Waals surface area contributed by atoms with Gasteiger partial charge in [0, 0.05) is 29.5 Å². The van der Waals surface area contributed by atoms with Crippen molar-refractivity contribution in [1.82, 2.24) is 4.98 Å². The molecule has 2 heterocycles. The number of hydrogen-bond acceptors (Lipinski definition) is 3. The van der Waals surface area contributed by atoms with Crippen LogP contribution in [0, 0.1) is 5.82 Å². The number of hydrogen-bond donors (Lipinski definition) is 0. The Kier molecular flexibility index (Phi) is 3.86. The normalized spacial score (nSPS) is 17.6. The van der Waals surface area contributed by atoms with Crippen LogP contribution in [0.5, 0.6) is 0 Å². The second-order valence-corrected chi connectivity index (χ2v) is 5.55. The minimum absolute atomic E-state index is 0.240. The van der Waals surface area contributed by atoms with E-state index in [1.807, 2.05) is 16.7 Å². The minimum atomic E-state index is -0.240. The minimum Gasteiger partial charge on any atom is -0.353 e. The van der Waals surface area contributed by atoms with E-state index < -0.39 is 0 Å². The number of rotatable bonds is 1. The van der Waals surface area contributed by atoms with E-state index in [9.17, 15) is 4.39 Å². The van der Waals surface area contributed by atoms with Crippen molar-refractivity contribution in [1.29, 1.82) is 0 Å². The van der Waals surface area contributed by atoms with E-state index in [0.717, 1.165) is 31.0 Å². The van der Waals surface area contributed by atoms with E-state index in [-0.39, 0.29) is 5.82 Å². The Morgan fingerprint density at radius 2 is 2.27 bits per heavy atom. The molecule has 0 radical (unpaired) electrons. The van der Waals surface area contributed by atoms with Crippen LogP contribution in [0.15, 0.2) is 16.7 Å². The van der Waals surface area contributed by atoms with Gasteiger partial charge in [0.2, 0.25) is 0 Å². The van der Waals surface area contributed by atoms with Crippen LogP contribution in [0.1, 0.15) is 6.42 Å². The van der Waals surface area contributed by atoms with Gasteiger partial charge in [-0.3, -0.25) is 0 Å². The van der Waals surface area contributed by atoms with Gasteiger partial charge in [-0.05, 0) is 34.2 Å². The average molecular weight is 291 g/mol. The summed E-state index contributed by atoms with van der Waals surface area (Å²) in [5.74, 6) is 2.46. The molecule has 0 aromatic carbocycles. The lowest BCUT2D eigenvalue weighted by molar-refractivity contribution is 0.609. The molecule has 0 amide bonds. The SMILES string of the molecule is Fc1cc(Br)cnc1N1CCCSCC1. The first-order chi connectivity index (χ1) is 7.27. The van der Waals surface area contributed by atoms with Crippen LogP contribution in [0.2, 0.25) is 0 Å². The highest BCUT2D eigenvalue weighted by molar-refractivity contribution is 9.10. The van der Waals surface area contributed by atoms with Gasteiger partial charge in [-0.25, -0.2) is 9.37 Å². The first kappa shape index (κ1) is 11.2. The van der Waals surface area contributed by atoms with Crippen LogP contribution in [0.3, 0.4) is 0 Å². The zero-order chi connectivity index (χ0) is 10.7. The van der Waals surface area contributed by atoms with Crippen molar-refractivity contribution in [3.05, 3.63) is 22.6 Å². The van der Waals surface area contributed by atoms with Crippen LogP contribution in [-0.4, -0.2) is 29.6 Å². The van der Waals surface area contributed by atoms with Gasteiger partial charge in [-0.15, -0.1) is 0 Å². The van der Waals surface area contributed by atoms with Crippen LogP contribution >= 0.6 is 27.7 Å². The largest absolute Gasteiger partial charge is 0.353 e. The predicted octanol–water partition coefficient (Wildman–Crippen LogP) is 2.93. The molecule has 82 valence electrons. The first-order valence-corrected chi connectivity index (χ1v) is 6.86. The van der Waals surface area contributed by atoms with Crippen molar-refractivity contribution in [2.75, 3.05) is 29.5 Å². The maximum absolute atomic E-state index is 13.6. The zero-order valence-electron chi connectivity index (χ0n) is 8.25. The summed E-state index contributed by atoms with van der Waals surface area (Å²) in [5.41, 5.74) is 0. The summed E-state index contributed by atoms with van der Waals surface area (Å²) in [6, 6.07) is 1.47. The molecule has 1 saturated heterocycles.